The summed E-state index contributed by atoms with van der Waals surface area (Å²) in [6, 6.07) is 7.25. The minimum atomic E-state index is -0.394. The first-order valence-electron chi connectivity index (χ1n) is 6.87. The molecule has 5 nitrogen and oxygen atoms in total. The number of aliphatic hydroxyl groups excluding tert-OH is 1. The van der Waals surface area contributed by atoms with Crippen LogP contribution in [0.1, 0.15) is 25.3 Å². The average Bonchev–Trinajstić information content (AvgIpc) is 2.40. The normalized spacial score (nSPS) is 18.7. The molecule has 0 aliphatic carbocycles. The molecule has 20 heavy (non-hydrogen) atoms. The Bertz CT molecular complexity index is 484. The molecule has 2 rings (SSSR count). The summed E-state index contributed by atoms with van der Waals surface area (Å²) < 4.78 is 0. The second kappa shape index (κ2) is 6.52. The molecular formula is C15H20N2O3. The van der Waals surface area contributed by atoms with Gasteiger partial charge in [0.2, 0.25) is 11.8 Å². The number of carbonyl (C=O) groups excluding carboxylic acids is 2. The van der Waals surface area contributed by atoms with E-state index in [-0.39, 0.29) is 11.8 Å². The molecule has 0 aromatic heterocycles. The number of hydrogen-bond acceptors (Lipinski definition) is 3. The summed E-state index contributed by atoms with van der Waals surface area (Å²) in [5, 5.41) is 12.3. The fourth-order valence-electron chi connectivity index (χ4n) is 2.38. The van der Waals surface area contributed by atoms with Crippen LogP contribution in [0.2, 0.25) is 0 Å². The van der Waals surface area contributed by atoms with Crippen molar-refractivity contribution in [2.45, 2.75) is 32.3 Å². The van der Waals surface area contributed by atoms with Crippen molar-refractivity contribution >= 4 is 17.5 Å². The molecule has 0 spiro atoms. The minimum Gasteiger partial charge on any atom is -0.391 e. The van der Waals surface area contributed by atoms with Gasteiger partial charge in [-0.2, -0.15) is 0 Å². The lowest BCUT2D eigenvalue weighted by molar-refractivity contribution is -0.133. The SMILES string of the molecule is CC(=O)Nc1ccc(CC(=O)N2CCCC(O)C2)cc1. The van der Waals surface area contributed by atoms with Crippen LogP contribution in [0.25, 0.3) is 0 Å². The lowest BCUT2D eigenvalue weighted by atomic mass is 10.1. The smallest absolute Gasteiger partial charge is 0.227 e. The van der Waals surface area contributed by atoms with Crippen molar-refractivity contribution in [2.75, 3.05) is 18.4 Å². The molecule has 0 radical (unpaired) electrons. The maximum absolute atomic E-state index is 12.1. The number of piperidine rings is 1. The number of amides is 2. The van der Waals surface area contributed by atoms with Crippen molar-refractivity contribution in [2.24, 2.45) is 0 Å². The van der Waals surface area contributed by atoms with Crippen molar-refractivity contribution in [3.05, 3.63) is 29.8 Å². The van der Waals surface area contributed by atoms with E-state index in [9.17, 15) is 14.7 Å². The summed E-state index contributed by atoms with van der Waals surface area (Å²) in [6.45, 7) is 2.61. The van der Waals surface area contributed by atoms with Gasteiger partial charge in [0.25, 0.3) is 0 Å². The van der Waals surface area contributed by atoms with Gasteiger partial charge < -0.3 is 15.3 Å². The van der Waals surface area contributed by atoms with Gasteiger partial charge in [-0.25, -0.2) is 0 Å². The molecule has 1 saturated heterocycles. The predicted molar refractivity (Wildman–Crippen MR) is 76.3 cm³/mol. The van der Waals surface area contributed by atoms with Gasteiger partial charge in [-0.15, -0.1) is 0 Å². The molecule has 1 aromatic rings. The second-order valence-electron chi connectivity index (χ2n) is 5.19. The fourth-order valence-corrected chi connectivity index (χ4v) is 2.38. The molecule has 1 aliphatic heterocycles. The van der Waals surface area contributed by atoms with E-state index < -0.39 is 6.10 Å². The Morgan fingerprint density at radius 1 is 1.35 bits per heavy atom. The molecule has 0 bridgehead atoms. The predicted octanol–water partition coefficient (Wildman–Crippen LogP) is 1.17. The van der Waals surface area contributed by atoms with Crippen LogP contribution in [0.4, 0.5) is 5.69 Å². The summed E-state index contributed by atoms with van der Waals surface area (Å²) in [4.78, 5) is 24.8. The molecule has 2 N–H and O–H groups in total. The highest BCUT2D eigenvalue weighted by molar-refractivity contribution is 5.88. The second-order valence-corrected chi connectivity index (χ2v) is 5.19. The van der Waals surface area contributed by atoms with Crippen molar-refractivity contribution in [3.63, 3.8) is 0 Å². The van der Waals surface area contributed by atoms with Gasteiger partial charge >= 0.3 is 0 Å². The van der Waals surface area contributed by atoms with Crippen LogP contribution in [0, 0.1) is 0 Å². The summed E-state index contributed by atoms with van der Waals surface area (Å²) >= 11 is 0. The number of carbonyl (C=O) groups is 2. The van der Waals surface area contributed by atoms with Crippen LogP contribution >= 0.6 is 0 Å². The van der Waals surface area contributed by atoms with Crippen LogP contribution in [-0.4, -0.2) is 41.0 Å². The van der Waals surface area contributed by atoms with Gasteiger partial charge in [-0.05, 0) is 30.5 Å². The third kappa shape index (κ3) is 4.06. The first kappa shape index (κ1) is 14.5. The standard InChI is InChI=1S/C15H20N2O3/c1-11(18)16-13-6-4-12(5-7-13)9-15(20)17-8-2-3-14(19)10-17/h4-7,14,19H,2-3,8-10H2,1H3,(H,16,18). The summed E-state index contributed by atoms with van der Waals surface area (Å²) in [7, 11) is 0. The first-order valence-corrected chi connectivity index (χ1v) is 6.87. The van der Waals surface area contributed by atoms with Gasteiger partial charge in [0, 0.05) is 25.7 Å². The first-order chi connectivity index (χ1) is 9.54. The minimum absolute atomic E-state index is 0.0380. The number of hydrogen-bond donors (Lipinski definition) is 2. The monoisotopic (exact) mass is 276 g/mol. The molecule has 1 unspecified atom stereocenters. The van der Waals surface area contributed by atoms with Crippen molar-refractivity contribution in [3.8, 4) is 0 Å². The molecule has 1 heterocycles. The Hall–Kier alpha value is -1.88. The molecule has 2 amide bonds. The number of likely N-dealkylation sites (tertiary alicyclic amines) is 1. The van der Waals surface area contributed by atoms with Crippen LogP contribution in [0.3, 0.4) is 0 Å². The molecule has 5 heteroatoms. The number of benzene rings is 1. The summed E-state index contributed by atoms with van der Waals surface area (Å²) in [5.74, 6) is -0.0767. The van der Waals surface area contributed by atoms with Gasteiger partial charge in [-0.1, -0.05) is 12.1 Å². The van der Waals surface area contributed by atoms with Crippen molar-refractivity contribution < 1.29 is 14.7 Å². The van der Waals surface area contributed by atoms with Gasteiger partial charge in [0.1, 0.15) is 0 Å². The van der Waals surface area contributed by atoms with E-state index in [0.717, 1.165) is 30.6 Å². The number of aliphatic hydroxyl groups is 1. The molecular weight excluding hydrogens is 256 g/mol. The number of nitrogens with one attached hydrogen (secondary N) is 1. The number of nitrogens with zero attached hydrogens (tertiary/aromatic N) is 1. The van der Waals surface area contributed by atoms with Crippen LogP contribution < -0.4 is 5.32 Å². The third-order valence-electron chi connectivity index (χ3n) is 3.38. The zero-order valence-electron chi connectivity index (χ0n) is 11.6. The van der Waals surface area contributed by atoms with Crippen LogP contribution in [-0.2, 0) is 16.0 Å². The van der Waals surface area contributed by atoms with Crippen LogP contribution in [0.15, 0.2) is 24.3 Å². The average molecular weight is 276 g/mol. The van der Waals surface area contributed by atoms with E-state index >= 15 is 0 Å². The Morgan fingerprint density at radius 3 is 2.65 bits per heavy atom. The van der Waals surface area contributed by atoms with E-state index in [0.29, 0.717) is 13.0 Å². The third-order valence-corrected chi connectivity index (χ3v) is 3.38. The fraction of sp³-hybridized carbons (Fsp3) is 0.467. The highest BCUT2D eigenvalue weighted by atomic mass is 16.3. The molecule has 1 fully saturated rings. The largest absolute Gasteiger partial charge is 0.391 e. The summed E-state index contributed by atoms with van der Waals surface area (Å²) in [6.07, 6.45) is 1.56. The zero-order valence-corrected chi connectivity index (χ0v) is 11.6. The van der Waals surface area contributed by atoms with E-state index in [1.807, 2.05) is 12.1 Å². The van der Waals surface area contributed by atoms with Gasteiger partial charge in [0.05, 0.1) is 12.5 Å². The number of rotatable bonds is 3. The van der Waals surface area contributed by atoms with E-state index in [4.69, 9.17) is 0 Å². The van der Waals surface area contributed by atoms with Crippen molar-refractivity contribution in [1.29, 1.82) is 0 Å². The van der Waals surface area contributed by atoms with Gasteiger partial charge in [0.15, 0.2) is 0 Å². The van der Waals surface area contributed by atoms with E-state index in [1.54, 1.807) is 17.0 Å². The maximum Gasteiger partial charge on any atom is 0.227 e. The quantitative estimate of drug-likeness (QED) is 0.870. The maximum atomic E-state index is 12.1. The highest BCUT2D eigenvalue weighted by Gasteiger charge is 2.21. The van der Waals surface area contributed by atoms with E-state index in [2.05, 4.69) is 5.32 Å². The molecule has 1 aromatic carbocycles. The topological polar surface area (TPSA) is 69.6 Å². The Balaban J connectivity index is 1.92. The van der Waals surface area contributed by atoms with Crippen LogP contribution in [0.5, 0.6) is 0 Å². The Morgan fingerprint density at radius 2 is 2.05 bits per heavy atom. The molecule has 1 atom stereocenters. The zero-order chi connectivity index (χ0) is 14.5. The highest BCUT2D eigenvalue weighted by Crippen LogP contribution is 2.14. The van der Waals surface area contributed by atoms with E-state index in [1.165, 1.54) is 6.92 Å². The lowest BCUT2D eigenvalue weighted by Crippen LogP contribution is -2.42. The number of anilines is 1. The van der Waals surface area contributed by atoms with Gasteiger partial charge in [-0.3, -0.25) is 9.59 Å². The molecule has 108 valence electrons. The van der Waals surface area contributed by atoms with Crippen molar-refractivity contribution in [1.82, 2.24) is 4.90 Å². The number of β-amino-alcohol motifs (C(OH)–C–C–N with tert-alkyl or cyclic N) is 1. The lowest BCUT2D eigenvalue weighted by Gasteiger charge is -2.30. The molecule has 1 aliphatic rings. The Labute approximate surface area is 118 Å². The Kier molecular flexibility index (Phi) is 4.74. The molecule has 0 saturated carbocycles. The summed E-state index contributed by atoms with van der Waals surface area (Å²) in [5.41, 5.74) is 1.63.